The normalized spacial score (nSPS) is 15.1. The van der Waals surface area contributed by atoms with Crippen LogP contribution in [0.4, 0.5) is 5.69 Å². The Morgan fingerprint density at radius 1 is 1.04 bits per heavy atom. The van der Waals surface area contributed by atoms with Crippen molar-refractivity contribution < 1.29 is 13.2 Å². The molecule has 1 saturated heterocycles. The molecule has 6 heteroatoms. The van der Waals surface area contributed by atoms with Crippen LogP contribution in [0.25, 0.3) is 0 Å². The topological polar surface area (TPSA) is 57.7 Å². The van der Waals surface area contributed by atoms with Gasteiger partial charge >= 0.3 is 0 Å². The van der Waals surface area contributed by atoms with Crippen molar-refractivity contribution in [2.75, 3.05) is 24.5 Å². The minimum Gasteiger partial charge on any atom is -0.372 e. The molecule has 134 valence electrons. The SMILES string of the molecule is CCCCN(CCCC)c1ccc(S(=O)(=O)N2CCCC2=O)cc1. The lowest BCUT2D eigenvalue weighted by atomic mass is 10.2. The lowest BCUT2D eigenvalue weighted by Crippen LogP contribution is -2.32. The predicted molar refractivity (Wildman–Crippen MR) is 96.6 cm³/mol. The van der Waals surface area contributed by atoms with Crippen LogP contribution < -0.4 is 4.90 Å². The van der Waals surface area contributed by atoms with E-state index in [2.05, 4.69) is 18.7 Å². The van der Waals surface area contributed by atoms with E-state index in [-0.39, 0.29) is 10.8 Å². The number of nitrogens with zero attached hydrogens (tertiary/aromatic N) is 2. The van der Waals surface area contributed by atoms with E-state index in [9.17, 15) is 13.2 Å². The standard InChI is InChI=1S/C18H28N2O3S/c1-3-5-13-19(14-6-4-2)16-9-11-17(12-10-16)24(22,23)20-15-7-8-18(20)21/h9-12H,3-8,13-15H2,1-2H3. The van der Waals surface area contributed by atoms with E-state index in [1.54, 1.807) is 12.1 Å². The number of amides is 1. The monoisotopic (exact) mass is 352 g/mol. The molecule has 2 rings (SSSR count). The molecule has 0 atom stereocenters. The molecule has 0 bridgehead atoms. The molecule has 0 aromatic heterocycles. The number of sulfonamides is 1. The Kier molecular flexibility index (Phi) is 6.66. The summed E-state index contributed by atoms with van der Waals surface area (Å²) in [6, 6.07) is 6.97. The first-order valence-electron chi connectivity index (χ1n) is 8.91. The zero-order valence-corrected chi connectivity index (χ0v) is 15.5. The molecule has 0 radical (unpaired) electrons. The van der Waals surface area contributed by atoms with Gasteiger partial charge in [-0.25, -0.2) is 12.7 Å². The van der Waals surface area contributed by atoms with Gasteiger partial charge in [-0.1, -0.05) is 26.7 Å². The number of hydrogen-bond donors (Lipinski definition) is 0. The van der Waals surface area contributed by atoms with Gasteiger partial charge in [0.05, 0.1) is 4.90 Å². The van der Waals surface area contributed by atoms with Gasteiger partial charge in [0, 0.05) is 31.7 Å². The fraction of sp³-hybridized carbons (Fsp3) is 0.611. The molecule has 1 aromatic carbocycles. The maximum absolute atomic E-state index is 12.6. The average molecular weight is 353 g/mol. The van der Waals surface area contributed by atoms with Gasteiger partial charge in [0.15, 0.2) is 0 Å². The molecule has 5 nitrogen and oxygen atoms in total. The van der Waals surface area contributed by atoms with Crippen LogP contribution in [0.15, 0.2) is 29.2 Å². The van der Waals surface area contributed by atoms with Crippen molar-refractivity contribution in [3.05, 3.63) is 24.3 Å². The summed E-state index contributed by atoms with van der Waals surface area (Å²) in [6.45, 7) is 6.59. The maximum atomic E-state index is 12.6. The summed E-state index contributed by atoms with van der Waals surface area (Å²) in [4.78, 5) is 14.3. The molecule has 1 fully saturated rings. The van der Waals surface area contributed by atoms with E-state index in [4.69, 9.17) is 0 Å². The summed E-state index contributed by atoms with van der Waals surface area (Å²) in [5.74, 6) is -0.299. The highest BCUT2D eigenvalue weighted by Crippen LogP contribution is 2.24. The predicted octanol–water partition coefficient (Wildman–Crippen LogP) is 3.40. The molecule has 0 aliphatic carbocycles. The second kappa shape index (κ2) is 8.51. The van der Waals surface area contributed by atoms with Crippen LogP contribution in [0, 0.1) is 0 Å². The Morgan fingerprint density at radius 3 is 2.08 bits per heavy atom. The van der Waals surface area contributed by atoms with Crippen LogP contribution in [0.3, 0.4) is 0 Å². The minimum absolute atomic E-state index is 0.201. The molecular formula is C18H28N2O3S. The van der Waals surface area contributed by atoms with Gasteiger partial charge < -0.3 is 4.90 Å². The Morgan fingerprint density at radius 2 is 1.62 bits per heavy atom. The van der Waals surface area contributed by atoms with Crippen molar-refractivity contribution in [3.8, 4) is 0 Å². The second-order valence-corrected chi connectivity index (χ2v) is 8.12. The molecule has 1 aliphatic heterocycles. The van der Waals surface area contributed by atoms with E-state index in [0.29, 0.717) is 19.4 Å². The summed E-state index contributed by atoms with van der Waals surface area (Å²) >= 11 is 0. The smallest absolute Gasteiger partial charge is 0.266 e. The lowest BCUT2D eigenvalue weighted by molar-refractivity contribution is -0.123. The van der Waals surface area contributed by atoms with Crippen LogP contribution in [0.5, 0.6) is 0 Å². The van der Waals surface area contributed by atoms with Crippen molar-refractivity contribution in [1.29, 1.82) is 0 Å². The Labute approximate surface area is 145 Å². The third-order valence-electron chi connectivity index (χ3n) is 4.38. The van der Waals surface area contributed by atoms with Gasteiger partial charge in [-0.05, 0) is 43.5 Å². The summed E-state index contributed by atoms with van der Waals surface area (Å²) in [5, 5.41) is 0. The van der Waals surface area contributed by atoms with Gasteiger partial charge in [0.2, 0.25) is 5.91 Å². The number of unbranched alkanes of at least 4 members (excludes halogenated alkanes) is 2. The quantitative estimate of drug-likeness (QED) is 0.683. The van der Waals surface area contributed by atoms with Crippen LogP contribution in [0.1, 0.15) is 52.4 Å². The first-order valence-corrected chi connectivity index (χ1v) is 10.3. The van der Waals surface area contributed by atoms with Crippen LogP contribution >= 0.6 is 0 Å². The van der Waals surface area contributed by atoms with Crippen molar-refractivity contribution in [2.24, 2.45) is 0 Å². The first kappa shape index (κ1) is 18.8. The third-order valence-corrected chi connectivity index (χ3v) is 6.22. The summed E-state index contributed by atoms with van der Waals surface area (Å²) in [5.41, 5.74) is 1.04. The van der Waals surface area contributed by atoms with E-state index in [1.807, 2.05) is 12.1 Å². The maximum Gasteiger partial charge on any atom is 0.266 e. The minimum atomic E-state index is -3.70. The third kappa shape index (κ3) is 4.29. The largest absolute Gasteiger partial charge is 0.372 e. The number of rotatable bonds is 9. The Bertz CT molecular complexity index is 633. The number of carbonyl (C=O) groups is 1. The molecule has 1 aliphatic rings. The number of anilines is 1. The number of carbonyl (C=O) groups excluding carboxylic acids is 1. The first-order chi connectivity index (χ1) is 11.5. The summed E-state index contributed by atoms with van der Waals surface area (Å²) < 4.78 is 26.1. The highest BCUT2D eigenvalue weighted by atomic mass is 32.2. The van der Waals surface area contributed by atoms with Gasteiger partial charge in [-0.3, -0.25) is 4.79 Å². The molecule has 0 N–H and O–H groups in total. The van der Waals surface area contributed by atoms with E-state index < -0.39 is 10.0 Å². The highest BCUT2D eigenvalue weighted by Gasteiger charge is 2.32. The number of benzene rings is 1. The van der Waals surface area contributed by atoms with Crippen molar-refractivity contribution in [3.63, 3.8) is 0 Å². The summed E-state index contributed by atoms with van der Waals surface area (Å²) in [6.07, 6.45) is 5.42. The van der Waals surface area contributed by atoms with E-state index >= 15 is 0 Å². The Hall–Kier alpha value is -1.56. The fourth-order valence-electron chi connectivity index (χ4n) is 2.90. The molecular weight excluding hydrogens is 324 g/mol. The molecule has 24 heavy (non-hydrogen) atoms. The average Bonchev–Trinajstić information content (AvgIpc) is 3.02. The van der Waals surface area contributed by atoms with E-state index in [1.165, 1.54) is 0 Å². The summed E-state index contributed by atoms with van der Waals surface area (Å²) in [7, 11) is -3.70. The fourth-order valence-corrected chi connectivity index (χ4v) is 4.36. The zero-order valence-electron chi connectivity index (χ0n) is 14.7. The van der Waals surface area contributed by atoms with Gasteiger partial charge in [-0.15, -0.1) is 0 Å². The van der Waals surface area contributed by atoms with Crippen LogP contribution in [-0.4, -0.2) is 38.3 Å². The van der Waals surface area contributed by atoms with Crippen molar-refractivity contribution in [1.82, 2.24) is 4.31 Å². The van der Waals surface area contributed by atoms with Crippen molar-refractivity contribution >= 4 is 21.6 Å². The highest BCUT2D eigenvalue weighted by molar-refractivity contribution is 7.89. The molecule has 0 saturated carbocycles. The molecule has 0 unspecified atom stereocenters. The van der Waals surface area contributed by atoms with E-state index in [0.717, 1.165) is 48.8 Å². The Balaban J connectivity index is 2.17. The number of hydrogen-bond acceptors (Lipinski definition) is 4. The van der Waals surface area contributed by atoms with Crippen molar-refractivity contribution in [2.45, 2.75) is 57.3 Å². The lowest BCUT2D eigenvalue weighted by Gasteiger charge is -2.25. The van der Waals surface area contributed by atoms with Crippen LogP contribution in [-0.2, 0) is 14.8 Å². The zero-order chi connectivity index (χ0) is 17.6. The molecule has 1 amide bonds. The molecule has 0 spiro atoms. The molecule has 1 heterocycles. The van der Waals surface area contributed by atoms with Gasteiger partial charge in [-0.2, -0.15) is 0 Å². The van der Waals surface area contributed by atoms with Gasteiger partial charge in [0.1, 0.15) is 0 Å². The second-order valence-electron chi connectivity index (χ2n) is 6.26. The van der Waals surface area contributed by atoms with Gasteiger partial charge in [0.25, 0.3) is 10.0 Å². The molecule has 1 aromatic rings. The van der Waals surface area contributed by atoms with Crippen LogP contribution in [0.2, 0.25) is 0 Å².